The quantitative estimate of drug-likeness (QED) is 0.521. The van der Waals surface area contributed by atoms with Crippen LogP contribution in [0.4, 0.5) is 11.6 Å². The van der Waals surface area contributed by atoms with E-state index in [2.05, 4.69) is 57.2 Å². The first-order valence-electron chi connectivity index (χ1n) is 9.03. The lowest BCUT2D eigenvalue weighted by atomic mass is 10.1. The van der Waals surface area contributed by atoms with E-state index in [1.165, 1.54) is 5.56 Å². The Morgan fingerprint density at radius 1 is 1.07 bits per heavy atom. The summed E-state index contributed by atoms with van der Waals surface area (Å²) in [5, 5.41) is 0.205. The number of benzene rings is 2. The van der Waals surface area contributed by atoms with Crippen molar-refractivity contribution in [2.75, 3.05) is 24.2 Å². The first-order chi connectivity index (χ1) is 13.5. The zero-order valence-corrected chi connectivity index (χ0v) is 16.6. The number of rotatable bonds is 5. The van der Waals surface area contributed by atoms with Crippen LogP contribution in [0.25, 0.3) is 22.3 Å². The van der Waals surface area contributed by atoms with Crippen LogP contribution < -0.4 is 10.6 Å². The molecule has 0 spiro atoms. The van der Waals surface area contributed by atoms with Crippen LogP contribution in [0.5, 0.6) is 0 Å². The Balaban J connectivity index is 1.80. The van der Waals surface area contributed by atoms with Crippen LogP contribution in [-0.4, -0.2) is 33.1 Å². The first-order valence-corrected chi connectivity index (χ1v) is 9.41. The molecule has 2 aromatic heterocycles. The zero-order chi connectivity index (χ0) is 19.7. The Labute approximate surface area is 168 Å². The van der Waals surface area contributed by atoms with E-state index in [4.69, 9.17) is 17.3 Å². The van der Waals surface area contributed by atoms with Crippen LogP contribution in [0.3, 0.4) is 0 Å². The van der Waals surface area contributed by atoms with Gasteiger partial charge in [-0.15, -0.1) is 0 Å². The van der Waals surface area contributed by atoms with Crippen molar-refractivity contribution in [2.45, 2.75) is 6.42 Å². The molecule has 0 unspecified atom stereocenters. The number of aryl methyl sites for hydroxylation is 1. The number of halogens is 1. The van der Waals surface area contributed by atoms with Gasteiger partial charge in [0.1, 0.15) is 5.52 Å². The van der Waals surface area contributed by atoms with Gasteiger partial charge in [-0.05, 0) is 41.8 Å². The molecule has 0 atom stereocenters. The zero-order valence-electron chi connectivity index (χ0n) is 15.8. The highest BCUT2D eigenvalue weighted by Gasteiger charge is 2.19. The summed E-state index contributed by atoms with van der Waals surface area (Å²) in [5.74, 6) is 0.459. The highest BCUT2D eigenvalue weighted by Crippen LogP contribution is 2.36. The van der Waals surface area contributed by atoms with Crippen molar-refractivity contribution in [1.29, 1.82) is 0 Å². The van der Waals surface area contributed by atoms with Crippen LogP contribution >= 0.6 is 11.6 Å². The SMILES string of the molecule is CN(CCc1ccccc1)c1ccc2c(nc(N)n2C)c1-c1ccnc(Cl)n1. The molecule has 4 rings (SSSR count). The Morgan fingerprint density at radius 3 is 2.61 bits per heavy atom. The maximum absolute atomic E-state index is 6.07. The summed E-state index contributed by atoms with van der Waals surface area (Å²) >= 11 is 6.07. The molecule has 0 amide bonds. The number of hydrogen-bond donors (Lipinski definition) is 1. The van der Waals surface area contributed by atoms with Gasteiger partial charge in [-0.1, -0.05) is 30.3 Å². The van der Waals surface area contributed by atoms with Gasteiger partial charge in [0.15, 0.2) is 0 Å². The Hall–Kier alpha value is -3.12. The first kappa shape index (κ1) is 18.3. The van der Waals surface area contributed by atoms with Crippen molar-refractivity contribution in [3.63, 3.8) is 0 Å². The average molecular weight is 393 g/mol. The van der Waals surface area contributed by atoms with Gasteiger partial charge in [-0.3, -0.25) is 0 Å². The monoisotopic (exact) mass is 392 g/mol. The number of nitrogens with two attached hydrogens (primary N) is 1. The number of aromatic nitrogens is 4. The molecule has 7 heteroatoms. The summed E-state index contributed by atoms with van der Waals surface area (Å²) in [7, 11) is 3.98. The standard InChI is InChI=1S/C21H21ClN6/c1-27(13-11-14-6-4-3-5-7-14)16-8-9-17-19(26-21(23)28(17)2)18(16)15-10-12-24-20(22)25-15/h3-10,12H,11,13H2,1-2H3,(H2,23,26). The van der Waals surface area contributed by atoms with Gasteiger partial charge >= 0.3 is 0 Å². The van der Waals surface area contributed by atoms with E-state index in [-0.39, 0.29) is 5.28 Å². The number of nitrogen functional groups attached to an aromatic ring is 1. The van der Waals surface area contributed by atoms with Crippen molar-refractivity contribution in [3.8, 4) is 11.3 Å². The van der Waals surface area contributed by atoms with Gasteiger partial charge in [0.25, 0.3) is 0 Å². The number of nitrogens with zero attached hydrogens (tertiary/aromatic N) is 5. The second kappa shape index (κ2) is 7.48. The summed E-state index contributed by atoms with van der Waals surface area (Å²) in [4.78, 5) is 15.2. The molecule has 28 heavy (non-hydrogen) atoms. The molecule has 0 saturated heterocycles. The van der Waals surface area contributed by atoms with Crippen molar-refractivity contribution in [1.82, 2.24) is 19.5 Å². The third-order valence-electron chi connectivity index (χ3n) is 4.94. The van der Waals surface area contributed by atoms with E-state index in [0.29, 0.717) is 5.95 Å². The molecular formula is C21H21ClN6. The van der Waals surface area contributed by atoms with Gasteiger partial charge in [-0.25, -0.2) is 15.0 Å². The van der Waals surface area contributed by atoms with Crippen molar-refractivity contribution >= 4 is 34.3 Å². The Bertz CT molecular complexity index is 1120. The predicted octanol–water partition coefficient (Wildman–Crippen LogP) is 3.94. The van der Waals surface area contributed by atoms with E-state index in [9.17, 15) is 0 Å². The van der Waals surface area contributed by atoms with E-state index >= 15 is 0 Å². The molecule has 142 valence electrons. The number of anilines is 2. The molecule has 0 bridgehead atoms. The van der Waals surface area contributed by atoms with Gasteiger partial charge in [0.2, 0.25) is 11.2 Å². The molecular weight excluding hydrogens is 372 g/mol. The van der Waals surface area contributed by atoms with Crippen LogP contribution in [-0.2, 0) is 13.5 Å². The minimum absolute atomic E-state index is 0.205. The maximum atomic E-state index is 6.07. The predicted molar refractivity (Wildman–Crippen MR) is 115 cm³/mol. The Morgan fingerprint density at radius 2 is 1.86 bits per heavy atom. The second-order valence-corrected chi connectivity index (χ2v) is 7.06. The van der Waals surface area contributed by atoms with Gasteiger partial charge < -0.3 is 15.2 Å². The maximum Gasteiger partial charge on any atom is 0.222 e. The van der Waals surface area contributed by atoms with Gasteiger partial charge in [-0.2, -0.15) is 0 Å². The molecule has 0 aliphatic carbocycles. The topological polar surface area (TPSA) is 72.9 Å². The van der Waals surface area contributed by atoms with Gasteiger partial charge in [0.05, 0.1) is 16.8 Å². The number of hydrogen-bond acceptors (Lipinski definition) is 5. The van der Waals surface area contributed by atoms with E-state index < -0.39 is 0 Å². The fraction of sp³-hybridized carbons (Fsp3) is 0.190. The molecule has 0 saturated carbocycles. The molecule has 0 radical (unpaired) electrons. The summed E-state index contributed by atoms with van der Waals surface area (Å²) in [5.41, 5.74) is 11.8. The third kappa shape index (κ3) is 3.39. The van der Waals surface area contributed by atoms with Gasteiger partial charge in [0, 0.05) is 32.5 Å². The Kier molecular flexibility index (Phi) is 4.88. The summed E-state index contributed by atoms with van der Waals surface area (Å²) in [6.45, 7) is 0.851. The molecule has 4 aromatic rings. The molecule has 0 fully saturated rings. The largest absolute Gasteiger partial charge is 0.374 e. The highest BCUT2D eigenvalue weighted by molar-refractivity contribution is 6.28. The molecule has 0 aliphatic rings. The third-order valence-corrected chi connectivity index (χ3v) is 5.12. The normalized spacial score (nSPS) is 11.1. The molecule has 2 N–H and O–H groups in total. The summed E-state index contributed by atoms with van der Waals surface area (Å²) in [6.07, 6.45) is 2.59. The van der Waals surface area contributed by atoms with Crippen molar-refractivity contribution < 1.29 is 0 Å². The van der Waals surface area contributed by atoms with E-state index in [1.54, 1.807) is 6.20 Å². The summed E-state index contributed by atoms with van der Waals surface area (Å²) in [6, 6.07) is 16.4. The summed E-state index contributed by atoms with van der Waals surface area (Å²) < 4.78 is 1.87. The van der Waals surface area contributed by atoms with E-state index in [0.717, 1.165) is 40.9 Å². The van der Waals surface area contributed by atoms with Crippen LogP contribution in [0.15, 0.2) is 54.7 Å². The number of fused-ring (bicyclic) bond motifs is 1. The molecule has 2 aromatic carbocycles. The van der Waals surface area contributed by atoms with Crippen molar-refractivity contribution in [3.05, 3.63) is 65.6 Å². The highest BCUT2D eigenvalue weighted by atomic mass is 35.5. The van der Waals surface area contributed by atoms with Crippen molar-refractivity contribution in [2.24, 2.45) is 7.05 Å². The lowest BCUT2D eigenvalue weighted by Crippen LogP contribution is -2.21. The average Bonchev–Trinajstić information content (AvgIpc) is 3.00. The van der Waals surface area contributed by atoms with Crippen LogP contribution in [0, 0.1) is 0 Å². The smallest absolute Gasteiger partial charge is 0.222 e. The lowest BCUT2D eigenvalue weighted by molar-refractivity contribution is 0.877. The van der Waals surface area contributed by atoms with Crippen LogP contribution in [0.1, 0.15) is 5.56 Å². The molecule has 6 nitrogen and oxygen atoms in total. The second-order valence-electron chi connectivity index (χ2n) is 6.72. The molecule has 2 heterocycles. The lowest BCUT2D eigenvalue weighted by Gasteiger charge is -2.23. The van der Waals surface area contributed by atoms with E-state index in [1.807, 2.05) is 29.8 Å². The van der Waals surface area contributed by atoms with Crippen LogP contribution in [0.2, 0.25) is 5.28 Å². The number of likely N-dealkylation sites (N-methyl/N-ethyl adjacent to an activating group) is 1. The minimum atomic E-state index is 0.205. The fourth-order valence-corrected chi connectivity index (χ4v) is 3.52. The minimum Gasteiger partial charge on any atom is -0.374 e. The fourth-order valence-electron chi connectivity index (χ4n) is 3.37. The number of imidazole rings is 1. The molecule has 0 aliphatic heterocycles.